The third kappa shape index (κ3) is 2.97. The zero-order chi connectivity index (χ0) is 19.2. The number of hydrogen-bond donors (Lipinski definition) is 0. The lowest BCUT2D eigenvalue weighted by Crippen LogP contribution is -2.22. The number of nitrogens with zero attached hydrogens (tertiary/aromatic N) is 2. The van der Waals surface area contributed by atoms with E-state index in [1.165, 1.54) is 38.9 Å². The lowest BCUT2D eigenvalue weighted by Gasteiger charge is -2.16. The molecule has 2 aliphatic heterocycles. The predicted octanol–water partition coefficient (Wildman–Crippen LogP) is 4.52. The third-order valence-corrected chi connectivity index (χ3v) is 6.56. The first-order valence-corrected chi connectivity index (χ1v) is 9.57. The molecule has 1 saturated heterocycles. The molecule has 6 heteroatoms. The number of carbonyl (C=O) groups is 1. The summed E-state index contributed by atoms with van der Waals surface area (Å²) in [4.78, 5) is 16.2. The van der Waals surface area contributed by atoms with E-state index in [1.54, 1.807) is 13.1 Å². The van der Waals surface area contributed by atoms with Gasteiger partial charge in [-0.25, -0.2) is 0 Å². The summed E-state index contributed by atoms with van der Waals surface area (Å²) in [5.74, 6) is 1.64. The Bertz CT molecular complexity index is 913. The average Bonchev–Trinajstić information content (AvgIpc) is 3.07. The molecule has 0 spiro atoms. The molecule has 0 unspecified atom stereocenters. The molecule has 0 aliphatic carbocycles. The van der Waals surface area contributed by atoms with E-state index in [1.807, 2.05) is 25.3 Å². The summed E-state index contributed by atoms with van der Waals surface area (Å²) in [6.07, 6.45) is 7.41. The molecule has 2 heterocycles. The van der Waals surface area contributed by atoms with Gasteiger partial charge in [-0.15, -0.1) is 0 Å². The number of thioether (sulfide) groups is 1. The fourth-order valence-electron chi connectivity index (χ4n) is 3.06. The second-order valence-corrected chi connectivity index (χ2v) is 8.17. The number of likely N-dealkylation sites (N-methyl/N-ethyl adjacent to an activating group) is 1. The molecule has 26 heavy (non-hydrogen) atoms. The van der Waals surface area contributed by atoms with Crippen molar-refractivity contribution in [1.29, 1.82) is 0 Å². The number of amides is 1. The Morgan fingerprint density at radius 2 is 1.54 bits per heavy atom. The minimum absolute atomic E-state index is 0.0591. The van der Waals surface area contributed by atoms with Gasteiger partial charge in [0.25, 0.3) is 5.91 Å². The molecule has 4 nitrogen and oxygen atoms in total. The molecular formula is C20H22N2O2S2. The number of thiocarbonyl (C=S) groups is 1. The Morgan fingerprint density at radius 3 is 2.15 bits per heavy atom. The van der Waals surface area contributed by atoms with Crippen molar-refractivity contribution in [3.63, 3.8) is 0 Å². The standard InChI is InChI=1S/C20H22N2O2S2/c1-11-12(2)14(4)18-17(13(11)3)21(5)16(24-18)10-8-7-9-15-19(23)22(6)20(25)26-15/h7-10H,1-6H3. The molecule has 0 bridgehead atoms. The number of carbonyl (C=O) groups excluding carboxylic acids is 1. The molecule has 1 aromatic rings. The number of rotatable bonds is 2. The maximum absolute atomic E-state index is 12.0. The van der Waals surface area contributed by atoms with Crippen molar-refractivity contribution in [3.05, 3.63) is 57.3 Å². The topological polar surface area (TPSA) is 32.8 Å². The van der Waals surface area contributed by atoms with Crippen molar-refractivity contribution in [2.24, 2.45) is 0 Å². The van der Waals surface area contributed by atoms with E-state index in [0.29, 0.717) is 9.23 Å². The number of fused-ring (bicyclic) bond motifs is 1. The first-order valence-electron chi connectivity index (χ1n) is 8.34. The molecule has 0 N–H and O–H groups in total. The largest absolute Gasteiger partial charge is 0.438 e. The molecule has 2 aliphatic rings. The fraction of sp³-hybridized carbons (Fsp3) is 0.300. The van der Waals surface area contributed by atoms with Gasteiger partial charge in [0.1, 0.15) is 4.32 Å². The van der Waals surface area contributed by atoms with E-state index in [9.17, 15) is 4.79 Å². The monoisotopic (exact) mass is 386 g/mol. The predicted molar refractivity (Wildman–Crippen MR) is 113 cm³/mol. The highest BCUT2D eigenvalue weighted by Crippen LogP contribution is 2.45. The van der Waals surface area contributed by atoms with Gasteiger partial charge < -0.3 is 9.64 Å². The van der Waals surface area contributed by atoms with Crippen molar-refractivity contribution in [1.82, 2.24) is 4.90 Å². The van der Waals surface area contributed by atoms with Gasteiger partial charge in [0.15, 0.2) is 11.6 Å². The molecule has 0 atom stereocenters. The minimum Gasteiger partial charge on any atom is -0.438 e. The molecule has 3 rings (SSSR count). The molecule has 0 aromatic heterocycles. The van der Waals surface area contributed by atoms with Crippen molar-refractivity contribution in [2.45, 2.75) is 27.7 Å². The first kappa shape index (κ1) is 18.7. The molecule has 1 fully saturated rings. The van der Waals surface area contributed by atoms with Crippen molar-refractivity contribution in [2.75, 3.05) is 19.0 Å². The van der Waals surface area contributed by atoms with Crippen LogP contribution in [0.1, 0.15) is 22.3 Å². The Hall–Kier alpha value is -2.05. The van der Waals surface area contributed by atoms with Gasteiger partial charge in [-0.05, 0) is 62.1 Å². The van der Waals surface area contributed by atoms with Crippen LogP contribution in [-0.2, 0) is 4.79 Å². The fourth-order valence-corrected chi connectivity index (χ4v) is 4.19. The van der Waals surface area contributed by atoms with E-state index >= 15 is 0 Å². The first-order chi connectivity index (χ1) is 12.2. The van der Waals surface area contributed by atoms with E-state index in [0.717, 1.165) is 17.3 Å². The SMILES string of the molecule is Cc1c(C)c(C)c2c(c1C)OC(=CC=CC=C1SC(=S)N(C)C1=O)N2C. The summed E-state index contributed by atoms with van der Waals surface area (Å²) in [7, 11) is 3.70. The molecule has 0 saturated carbocycles. The quantitative estimate of drug-likeness (QED) is 0.551. The van der Waals surface area contributed by atoms with Crippen molar-refractivity contribution >= 4 is 39.9 Å². The van der Waals surface area contributed by atoms with Crippen LogP contribution in [0.3, 0.4) is 0 Å². The summed E-state index contributed by atoms with van der Waals surface area (Å²) in [6, 6.07) is 0. The minimum atomic E-state index is -0.0591. The summed E-state index contributed by atoms with van der Waals surface area (Å²) in [6.45, 7) is 8.51. The zero-order valence-corrected chi connectivity index (χ0v) is 17.5. The van der Waals surface area contributed by atoms with E-state index in [2.05, 4.69) is 32.6 Å². The van der Waals surface area contributed by atoms with Crippen LogP contribution in [0.4, 0.5) is 5.69 Å². The van der Waals surface area contributed by atoms with Gasteiger partial charge in [0.2, 0.25) is 0 Å². The highest BCUT2D eigenvalue weighted by atomic mass is 32.2. The van der Waals surface area contributed by atoms with Gasteiger partial charge in [-0.3, -0.25) is 9.69 Å². The van der Waals surface area contributed by atoms with Crippen LogP contribution in [-0.4, -0.2) is 29.2 Å². The number of benzene rings is 1. The van der Waals surface area contributed by atoms with Gasteiger partial charge in [-0.1, -0.05) is 36.1 Å². The highest BCUT2D eigenvalue weighted by Gasteiger charge is 2.29. The van der Waals surface area contributed by atoms with Gasteiger partial charge in [0, 0.05) is 14.1 Å². The summed E-state index contributed by atoms with van der Waals surface area (Å²) in [5, 5.41) is 0. The number of allylic oxidation sites excluding steroid dienone is 4. The maximum Gasteiger partial charge on any atom is 0.265 e. The van der Waals surface area contributed by atoms with Crippen molar-refractivity contribution in [3.8, 4) is 5.75 Å². The lowest BCUT2D eigenvalue weighted by atomic mass is 9.96. The van der Waals surface area contributed by atoms with Crippen LogP contribution < -0.4 is 9.64 Å². The second-order valence-electron chi connectivity index (χ2n) is 6.49. The maximum atomic E-state index is 12.0. The van der Waals surface area contributed by atoms with E-state index < -0.39 is 0 Å². The van der Waals surface area contributed by atoms with Crippen LogP contribution in [0, 0.1) is 27.7 Å². The highest BCUT2D eigenvalue weighted by molar-refractivity contribution is 8.26. The van der Waals surface area contributed by atoms with Crippen LogP contribution in [0.15, 0.2) is 35.1 Å². The van der Waals surface area contributed by atoms with E-state index in [4.69, 9.17) is 17.0 Å². The average molecular weight is 387 g/mol. The molecule has 0 radical (unpaired) electrons. The Morgan fingerprint density at radius 1 is 0.923 bits per heavy atom. The number of hydrogen-bond acceptors (Lipinski definition) is 5. The third-order valence-electron chi connectivity index (χ3n) is 5.06. The van der Waals surface area contributed by atoms with Crippen LogP contribution in [0.25, 0.3) is 0 Å². The van der Waals surface area contributed by atoms with Crippen LogP contribution in [0.2, 0.25) is 0 Å². The molecular weight excluding hydrogens is 364 g/mol. The normalized spacial score (nSPS) is 20.1. The van der Waals surface area contributed by atoms with Gasteiger partial charge in [0.05, 0.1) is 10.6 Å². The molecule has 1 aromatic carbocycles. The number of anilines is 1. The summed E-state index contributed by atoms with van der Waals surface area (Å²) >= 11 is 6.44. The summed E-state index contributed by atoms with van der Waals surface area (Å²) in [5.41, 5.74) is 6.11. The Kier molecular flexibility index (Phi) is 4.99. The van der Waals surface area contributed by atoms with Crippen molar-refractivity contribution < 1.29 is 9.53 Å². The molecule has 1 amide bonds. The Labute approximate surface area is 164 Å². The zero-order valence-electron chi connectivity index (χ0n) is 15.8. The van der Waals surface area contributed by atoms with Crippen LogP contribution >= 0.6 is 24.0 Å². The molecule has 136 valence electrons. The number of ether oxygens (including phenoxy) is 1. The van der Waals surface area contributed by atoms with Gasteiger partial charge in [-0.2, -0.15) is 0 Å². The van der Waals surface area contributed by atoms with Crippen LogP contribution in [0.5, 0.6) is 5.75 Å². The summed E-state index contributed by atoms with van der Waals surface area (Å²) < 4.78 is 6.69. The van der Waals surface area contributed by atoms with Gasteiger partial charge >= 0.3 is 0 Å². The Balaban J connectivity index is 1.84. The second kappa shape index (κ2) is 6.93. The lowest BCUT2D eigenvalue weighted by molar-refractivity contribution is -0.121. The smallest absolute Gasteiger partial charge is 0.265 e. The van der Waals surface area contributed by atoms with E-state index in [-0.39, 0.29) is 5.91 Å².